The predicted octanol–water partition coefficient (Wildman–Crippen LogP) is 3.75. The van der Waals surface area contributed by atoms with E-state index in [0.29, 0.717) is 11.8 Å². The molecule has 0 fully saturated rings. The topological polar surface area (TPSA) is 59.9 Å². The number of ether oxygens (including phenoxy) is 1. The van der Waals surface area contributed by atoms with Gasteiger partial charge in [0.25, 0.3) is 5.91 Å². The minimum Gasteiger partial charge on any atom is -0.490 e. The van der Waals surface area contributed by atoms with Crippen molar-refractivity contribution in [2.45, 2.75) is 0 Å². The van der Waals surface area contributed by atoms with Gasteiger partial charge in [-0.05, 0) is 30.3 Å². The number of carbonyl (C=O) groups is 1. The molecule has 0 atom stereocenters. The quantitative estimate of drug-likeness (QED) is 0.438. The lowest BCUT2D eigenvalue weighted by Gasteiger charge is -2.05. The maximum absolute atomic E-state index is 13.3. The average molecular weight is 399 g/mol. The van der Waals surface area contributed by atoms with Gasteiger partial charge in [-0.3, -0.25) is 4.79 Å². The second-order valence-electron chi connectivity index (χ2n) is 4.49. The second kappa shape index (κ2) is 8.97. The molecule has 0 aromatic heterocycles. The first-order valence-electron chi connectivity index (χ1n) is 6.84. The van der Waals surface area contributed by atoms with E-state index in [4.69, 9.17) is 9.57 Å². The predicted molar refractivity (Wildman–Crippen MR) is 89.1 cm³/mol. The molecule has 2 aromatic carbocycles. The summed E-state index contributed by atoms with van der Waals surface area (Å²) in [6.45, 7) is 0.364. The average Bonchev–Trinajstić information content (AvgIpc) is 2.53. The summed E-state index contributed by atoms with van der Waals surface area (Å²) in [5, 5.41) is 5.65. The zero-order chi connectivity index (χ0) is 17.4. The number of carbonyl (C=O) groups excluding carboxylic acids is 1. The van der Waals surface area contributed by atoms with Gasteiger partial charge in [0.1, 0.15) is 30.2 Å². The van der Waals surface area contributed by atoms with Crippen LogP contribution in [0.15, 0.2) is 52.1 Å². The van der Waals surface area contributed by atoms with Crippen LogP contribution >= 0.6 is 15.9 Å². The SMILES string of the molecule is O=C(/C=N/OCCOc1cccc(Br)c1)Nc1ccc(F)cc1F. The lowest BCUT2D eigenvalue weighted by atomic mass is 10.3. The number of nitrogens with zero attached hydrogens (tertiary/aromatic N) is 1. The van der Waals surface area contributed by atoms with Crippen LogP contribution in [-0.4, -0.2) is 25.3 Å². The minimum atomic E-state index is -0.875. The summed E-state index contributed by atoms with van der Waals surface area (Å²) >= 11 is 3.32. The highest BCUT2D eigenvalue weighted by atomic mass is 79.9. The Bertz CT molecular complexity index is 741. The number of anilines is 1. The summed E-state index contributed by atoms with van der Waals surface area (Å²) in [7, 11) is 0. The molecule has 0 saturated carbocycles. The Balaban J connectivity index is 1.69. The number of rotatable bonds is 7. The number of amides is 1. The van der Waals surface area contributed by atoms with Crippen molar-refractivity contribution in [3.05, 3.63) is 58.6 Å². The van der Waals surface area contributed by atoms with E-state index >= 15 is 0 Å². The van der Waals surface area contributed by atoms with Crippen molar-refractivity contribution < 1.29 is 23.1 Å². The molecule has 2 rings (SSSR count). The van der Waals surface area contributed by atoms with Gasteiger partial charge >= 0.3 is 0 Å². The maximum Gasteiger partial charge on any atom is 0.270 e. The van der Waals surface area contributed by atoms with Crippen molar-refractivity contribution in [2.75, 3.05) is 18.5 Å². The van der Waals surface area contributed by atoms with Crippen molar-refractivity contribution in [3.63, 3.8) is 0 Å². The van der Waals surface area contributed by atoms with Gasteiger partial charge in [0.05, 0.1) is 5.69 Å². The van der Waals surface area contributed by atoms with Gasteiger partial charge in [-0.2, -0.15) is 0 Å². The fourth-order valence-electron chi connectivity index (χ4n) is 1.65. The maximum atomic E-state index is 13.3. The molecule has 0 aliphatic heterocycles. The van der Waals surface area contributed by atoms with Crippen LogP contribution in [0.3, 0.4) is 0 Å². The van der Waals surface area contributed by atoms with E-state index in [2.05, 4.69) is 26.4 Å². The van der Waals surface area contributed by atoms with E-state index in [1.54, 1.807) is 12.1 Å². The Morgan fingerprint density at radius 3 is 2.79 bits per heavy atom. The molecular formula is C16H13BrF2N2O3. The van der Waals surface area contributed by atoms with Crippen LogP contribution in [0.2, 0.25) is 0 Å². The summed E-state index contributed by atoms with van der Waals surface area (Å²) in [5.41, 5.74) is -0.147. The Kier molecular flexibility index (Phi) is 6.68. The van der Waals surface area contributed by atoms with Crippen LogP contribution in [0.4, 0.5) is 14.5 Å². The molecule has 0 spiro atoms. The molecular weight excluding hydrogens is 386 g/mol. The first-order valence-corrected chi connectivity index (χ1v) is 7.63. The molecule has 2 aromatic rings. The van der Waals surface area contributed by atoms with E-state index in [0.717, 1.165) is 22.8 Å². The number of benzene rings is 2. The fraction of sp³-hybridized carbons (Fsp3) is 0.125. The first-order chi connectivity index (χ1) is 11.5. The van der Waals surface area contributed by atoms with E-state index in [-0.39, 0.29) is 18.9 Å². The standard InChI is InChI=1S/C16H13BrF2N2O3/c17-11-2-1-3-13(8-11)23-6-7-24-20-10-16(22)21-15-5-4-12(18)9-14(15)19/h1-5,8-10H,6-7H2,(H,21,22)/b20-10+. The van der Waals surface area contributed by atoms with Gasteiger partial charge in [-0.1, -0.05) is 27.2 Å². The van der Waals surface area contributed by atoms with Crippen LogP contribution in [0.25, 0.3) is 0 Å². The van der Waals surface area contributed by atoms with Crippen molar-refractivity contribution >= 4 is 33.7 Å². The molecule has 0 radical (unpaired) electrons. The molecule has 0 bridgehead atoms. The fourth-order valence-corrected chi connectivity index (χ4v) is 2.03. The summed E-state index contributed by atoms with van der Waals surface area (Å²) in [5.74, 6) is -1.64. The number of hydrogen-bond donors (Lipinski definition) is 1. The zero-order valence-electron chi connectivity index (χ0n) is 12.3. The molecule has 24 heavy (non-hydrogen) atoms. The number of nitrogens with one attached hydrogen (secondary N) is 1. The third kappa shape index (κ3) is 5.96. The Morgan fingerprint density at radius 1 is 1.21 bits per heavy atom. The minimum absolute atomic E-state index is 0.126. The Labute approximate surface area is 145 Å². The smallest absolute Gasteiger partial charge is 0.270 e. The lowest BCUT2D eigenvalue weighted by molar-refractivity contribution is -0.110. The van der Waals surface area contributed by atoms with Crippen LogP contribution in [-0.2, 0) is 9.63 Å². The number of hydrogen-bond acceptors (Lipinski definition) is 4. The van der Waals surface area contributed by atoms with E-state index < -0.39 is 17.5 Å². The van der Waals surface area contributed by atoms with Crippen LogP contribution in [0.5, 0.6) is 5.75 Å². The van der Waals surface area contributed by atoms with E-state index in [1.807, 2.05) is 12.1 Å². The van der Waals surface area contributed by atoms with Crippen molar-refractivity contribution in [1.29, 1.82) is 0 Å². The number of oxime groups is 1. The highest BCUT2D eigenvalue weighted by Crippen LogP contribution is 2.17. The molecule has 1 N–H and O–H groups in total. The van der Waals surface area contributed by atoms with Gasteiger partial charge in [0.2, 0.25) is 0 Å². The van der Waals surface area contributed by atoms with Gasteiger partial charge in [-0.25, -0.2) is 8.78 Å². The third-order valence-electron chi connectivity index (χ3n) is 2.67. The third-order valence-corrected chi connectivity index (χ3v) is 3.17. The van der Waals surface area contributed by atoms with Crippen LogP contribution < -0.4 is 10.1 Å². The molecule has 5 nitrogen and oxygen atoms in total. The van der Waals surface area contributed by atoms with Crippen LogP contribution in [0.1, 0.15) is 0 Å². The van der Waals surface area contributed by atoms with Crippen molar-refractivity contribution in [1.82, 2.24) is 0 Å². The molecule has 1 amide bonds. The van der Waals surface area contributed by atoms with Gasteiger partial charge < -0.3 is 14.9 Å². The molecule has 0 heterocycles. The normalized spacial score (nSPS) is 10.6. The van der Waals surface area contributed by atoms with Gasteiger partial charge in [-0.15, -0.1) is 0 Å². The highest BCUT2D eigenvalue weighted by molar-refractivity contribution is 9.10. The molecule has 0 aliphatic carbocycles. The summed E-state index contributed by atoms with van der Waals surface area (Å²) in [4.78, 5) is 16.4. The summed E-state index contributed by atoms with van der Waals surface area (Å²) in [6.07, 6.45) is 0.849. The largest absolute Gasteiger partial charge is 0.490 e. The summed E-state index contributed by atoms with van der Waals surface area (Å²) in [6, 6.07) is 10.1. The second-order valence-corrected chi connectivity index (χ2v) is 5.40. The molecule has 126 valence electrons. The monoisotopic (exact) mass is 398 g/mol. The molecule has 0 saturated heterocycles. The highest BCUT2D eigenvalue weighted by Gasteiger charge is 2.06. The molecule has 0 aliphatic rings. The van der Waals surface area contributed by atoms with Crippen molar-refractivity contribution in [3.8, 4) is 5.75 Å². The van der Waals surface area contributed by atoms with E-state index in [1.165, 1.54) is 0 Å². The Hall–Kier alpha value is -2.48. The van der Waals surface area contributed by atoms with Crippen molar-refractivity contribution in [2.24, 2.45) is 5.16 Å². The zero-order valence-corrected chi connectivity index (χ0v) is 13.9. The summed E-state index contributed by atoms with van der Waals surface area (Å²) < 4.78 is 32.4. The molecule has 8 heteroatoms. The van der Waals surface area contributed by atoms with Crippen LogP contribution in [0, 0.1) is 11.6 Å². The first kappa shape index (κ1) is 17.9. The van der Waals surface area contributed by atoms with Gasteiger partial charge in [0.15, 0.2) is 6.61 Å². The lowest BCUT2D eigenvalue weighted by Crippen LogP contribution is -2.14. The van der Waals surface area contributed by atoms with E-state index in [9.17, 15) is 13.6 Å². The number of halogens is 3. The van der Waals surface area contributed by atoms with Gasteiger partial charge in [0, 0.05) is 10.5 Å². The Morgan fingerprint density at radius 2 is 2.04 bits per heavy atom. The molecule has 0 unspecified atom stereocenters.